The number of ketones is 3. The number of carbonyl (C=O) groups is 5. The average Bonchev–Trinajstić information content (AvgIpc) is 3.26. The van der Waals surface area contributed by atoms with E-state index in [1.165, 1.54) is 7.11 Å². The van der Waals surface area contributed by atoms with Crippen LogP contribution in [0, 0.1) is 41.4 Å². The fourth-order valence-electron chi connectivity index (χ4n) is 10.0. The second-order valence-corrected chi connectivity index (χ2v) is 19.7. The molecule has 3 heterocycles. The first-order chi connectivity index (χ1) is 30.2. The number of aliphatic hydroxyl groups excluding tert-OH is 2. The Labute approximate surface area is 381 Å². The lowest BCUT2D eigenvalue weighted by molar-refractivity contribution is -0.230. The Morgan fingerprint density at radius 1 is 0.859 bits per heavy atom. The van der Waals surface area contributed by atoms with Crippen LogP contribution in [0.5, 0.6) is 0 Å². The lowest BCUT2D eigenvalue weighted by Crippen LogP contribution is -2.59. The van der Waals surface area contributed by atoms with Gasteiger partial charge in [-0.25, -0.2) is 9.18 Å². The molecular formula is C51H78FNO11. The standard InChI is InChI=1S/C51H78FNO11/c1-30-16-12-11-13-17-31(2)32(3)27-39-21-19-37(8)51(52,64-39)48(58)49(59)53-23-15-14-18-40(53)50(60)63-43(34(5)26-38-20-22-41(54)44(28-38)61-9)29-42(55)33(4)25-36(7)46(57)47(62-10)45(56)35(6)24-30/h11-13,16-17,25,30,32-35,37-41,43-44,46-47,54,57H,14-15,18-24,26-29H2,1-10H3/b13-11+,16-12+,31-17+,36-25+/t30-,32+,33-,34-,35-,37-,38+,39+,40?,41-,43?,44-,46-,47+,51-/m1/s1. The number of halogens is 1. The van der Waals surface area contributed by atoms with Crippen LogP contribution in [0.2, 0.25) is 0 Å². The molecule has 2 unspecified atom stereocenters. The first-order valence-electron chi connectivity index (χ1n) is 23.8. The molecule has 0 spiro atoms. The molecular weight excluding hydrogens is 822 g/mol. The monoisotopic (exact) mass is 900 g/mol. The summed E-state index contributed by atoms with van der Waals surface area (Å²) in [6, 6.07) is -1.17. The minimum atomic E-state index is -2.87. The van der Waals surface area contributed by atoms with E-state index in [1.807, 2.05) is 65.0 Å². The van der Waals surface area contributed by atoms with Crippen molar-refractivity contribution in [2.45, 2.75) is 181 Å². The third-order valence-corrected chi connectivity index (χ3v) is 14.5. The number of piperidine rings is 1. The first kappa shape index (κ1) is 53.3. The maximum atomic E-state index is 17.0. The number of allylic oxidation sites excluding steroid dienone is 7. The van der Waals surface area contributed by atoms with Gasteiger partial charge in [0.25, 0.3) is 17.5 Å². The molecule has 15 atom stereocenters. The molecule has 2 N–H and O–H groups in total. The van der Waals surface area contributed by atoms with Gasteiger partial charge in [0.15, 0.2) is 5.78 Å². The Morgan fingerprint density at radius 2 is 1.58 bits per heavy atom. The maximum absolute atomic E-state index is 17.0. The first-order valence-corrected chi connectivity index (χ1v) is 23.8. The predicted molar refractivity (Wildman–Crippen MR) is 242 cm³/mol. The molecule has 360 valence electrons. The van der Waals surface area contributed by atoms with E-state index >= 15 is 4.39 Å². The third-order valence-electron chi connectivity index (χ3n) is 14.5. The zero-order valence-electron chi connectivity index (χ0n) is 40.1. The zero-order valence-corrected chi connectivity index (χ0v) is 40.1. The number of alkyl halides is 1. The molecule has 1 amide bonds. The molecule has 0 aromatic rings. The largest absolute Gasteiger partial charge is 0.460 e. The minimum Gasteiger partial charge on any atom is -0.460 e. The molecule has 1 saturated carbocycles. The molecule has 4 rings (SSSR count). The van der Waals surface area contributed by atoms with Crippen molar-refractivity contribution in [1.29, 1.82) is 0 Å². The minimum absolute atomic E-state index is 0.0240. The summed E-state index contributed by atoms with van der Waals surface area (Å²) in [7, 11) is 2.94. The molecule has 0 aromatic carbocycles. The van der Waals surface area contributed by atoms with Crippen molar-refractivity contribution in [1.82, 2.24) is 4.90 Å². The van der Waals surface area contributed by atoms with Crippen molar-refractivity contribution in [3.8, 4) is 0 Å². The van der Waals surface area contributed by atoms with E-state index in [9.17, 15) is 34.2 Å². The van der Waals surface area contributed by atoms with Crippen molar-refractivity contribution in [2.75, 3.05) is 20.8 Å². The van der Waals surface area contributed by atoms with Crippen LogP contribution < -0.4 is 0 Å². The van der Waals surface area contributed by atoms with E-state index in [0.717, 1.165) is 16.9 Å². The van der Waals surface area contributed by atoms with Crippen molar-refractivity contribution < 1.29 is 57.5 Å². The molecule has 3 aliphatic heterocycles. The summed E-state index contributed by atoms with van der Waals surface area (Å²) in [4.78, 5) is 71.3. The van der Waals surface area contributed by atoms with Crippen molar-refractivity contribution in [3.63, 3.8) is 0 Å². The summed E-state index contributed by atoms with van der Waals surface area (Å²) >= 11 is 0. The van der Waals surface area contributed by atoms with Crippen LogP contribution in [-0.4, -0.2) is 114 Å². The number of hydrogen-bond donors (Lipinski definition) is 2. The van der Waals surface area contributed by atoms with Gasteiger partial charge in [0.2, 0.25) is 0 Å². The van der Waals surface area contributed by atoms with Gasteiger partial charge in [-0.1, -0.05) is 83.6 Å². The highest BCUT2D eigenvalue weighted by Crippen LogP contribution is 2.40. The Bertz CT molecular complexity index is 1740. The van der Waals surface area contributed by atoms with E-state index in [2.05, 4.69) is 0 Å². The molecule has 2 saturated heterocycles. The smallest absolute Gasteiger partial charge is 0.329 e. The predicted octanol–water partition coefficient (Wildman–Crippen LogP) is 7.78. The molecule has 13 heteroatoms. The number of Topliss-reactive ketones (excluding diaryl/α,β-unsaturated/α-hetero) is 3. The second kappa shape index (κ2) is 24.4. The topological polar surface area (TPSA) is 166 Å². The van der Waals surface area contributed by atoms with Gasteiger partial charge in [0.1, 0.15) is 30.1 Å². The number of hydrogen-bond acceptors (Lipinski definition) is 11. The van der Waals surface area contributed by atoms with Crippen LogP contribution in [0.3, 0.4) is 0 Å². The molecule has 2 bridgehead atoms. The summed E-state index contributed by atoms with van der Waals surface area (Å²) < 4.78 is 40.3. The summed E-state index contributed by atoms with van der Waals surface area (Å²) in [6.07, 6.45) is 11.7. The third kappa shape index (κ3) is 13.8. The van der Waals surface area contributed by atoms with Crippen LogP contribution >= 0.6 is 0 Å². The molecule has 4 aliphatic rings. The van der Waals surface area contributed by atoms with E-state index in [0.29, 0.717) is 63.4 Å². The maximum Gasteiger partial charge on any atom is 0.329 e. The van der Waals surface area contributed by atoms with E-state index in [4.69, 9.17) is 18.9 Å². The highest BCUT2D eigenvalue weighted by Gasteiger charge is 2.54. The van der Waals surface area contributed by atoms with E-state index in [1.54, 1.807) is 34.0 Å². The number of esters is 1. The Balaban J connectivity index is 1.69. The summed E-state index contributed by atoms with van der Waals surface area (Å²) in [5, 5.41) is 21.9. The number of nitrogens with zero attached hydrogens (tertiary/aromatic N) is 1. The van der Waals surface area contributed by atoms with Crippen LogP contribution in [0.15, 0.2) is 47.6 Å². The number of cyclic esters (lactones) is 1. The number of amides is 1. The van der Waals surface area contributed by atoms with Crippen LogP contribution in [-0.2, 0) is 42.9 Å². The van der Waals surface area contributed by atoms with Gasteiger partial charge in [-0.15, -0.1) is 0 Å². The Kier molecular flexibility index (Phi) is 20.3. The highest BCUT2D eigenvalue weighted by atomic mass is 19.2. The normalized spacial score (nSPS) is 40.9. The SMILES string of the molecule is CO[C@@H]1C[C@H](C[C@@H](C)C2CC(=O)[C@H](C)/C=C(\C)[C@@H](O)[C@@H](OC)C(=O)[C@H](C)C[C@H](C)/C=C/C=C/C=C(\C)[C@@H](C)C[C@@H]3CC[C@@H](C)[C@@](F)(O3)C(=O)C(=O)N3CCCCC3C(=O)O2)CC[C@H]1O. The number of carbonyl (C=O) groups excluding carboxylic acids is 5. The Hall–Kier alpha value is -3.36. The number of rotatable bonds is 5. The van der Waals surface area contributed by atoms with Crippen molar-refractivity contribution in [2.24, 2.45) is 41.4 Å². The lowest BCUT2D eigenvalue weighted by Gasteiger charge is -2.41. The Morgan fingerprint density at radius 3 is 2.27 bits per heavy atom. The fraction of sp³-hybridized carbons (Fsp3) is 0.745. The zero-order chi connectivity index (χ0) is 47.5. The quantitative estimate of drug-likeness (QED) is 0.157. The molecule has 1 aliphatic carbocycles. The van der Waals surface area contributed by atoms with Crippen molar-refractivity contribution >= 4 is 29.2 Å². The number of fused-ring (bicyclic) bond motifs is 3. The number of ether oxygens (including phenoxy) is 4. The average molecular weight is 900 g/mol. The van der Waals surface area contributed by atoms with Crippen LogP contribution in [0.1, 0.15) is 132 Å². The van der Waals surface area contributed by atoms with Crippen LogP contribution in [0.4, 0.5) is 4.39 Å². The molecule has 0 aromatic heterocycles. The molecule has 12 nitrogen and oxygen atoms in total. The molecule has 3 fully saturated rings. The van der Waals surface area contributed by atoms with Gasteiger partial charge >= 0.3 is 5.97 Å². The number of methoxy groups -OCH3 is 2. The van der Waals surface area contributed by atoms with Crippen LogP contribution in [0.25, 0.3) is 0 Å². The number of aliphatic hydroxyl groups is 2. The molecule has 64 heavy (non-hydrogen) atoms. The highest BCUT2D eigenvalue weighted by molar-refractivity contribution is 6.39. The van der Waals surface area contributed by atoms with Gasteiger partial charge in [-0.3, -0.25) is 19.2 Å². The van der Waals surface area contributed by atoms with Gasteiger partial charge in [-0.2, -0.15) is 0 Å². The second-order valence-electron chi connectivity index (χ2n) is 19.7. The van der Waals surface area contributed by atoms with Gasteiger partial charge < -0.3 is 34.1 Å². The van der Waals surface area contributed by atoms with E-state index < -0.39 is 77.8 Å². The lowest BCUT2D eigenvalue weighted by atomic mass is 9.78. The molecule has 0 radical (unpaired) electrons. The summed E-state index contributed by atoms with van der Waals surface area (Å²) in [5.74, 6) is -8.92. The summed E-state index contributed by atoms with van der Waals surface area (Å²) in [5.41, 5.74) is 1.41. The fourth-order valence-corrected chi connectivity index (χ4v) is 10.0. The summed E-state index contributed by atoms with van der Waals surface area (Å²) in [6.45, 7) is 14.7. The van der Waals surface area contributed by atoms with Gasteiger partial charge in [0, 0.05) is 44.9 Å². The van der Waals surface area contributed by atoms with Gasteiger partial charge in [-0.05, 0) is 114 Å². The van der Waals surface area contributed by atoms with Gasteiger partial charge in [0.05, 0.1) is 18.3 Å². The van der Waals surface area contributed by atoms with E-state index in [-0.39, 0.29) is 60.7 Å². The van der Waals surface area contributed by atoms with Crippen molar-refractivity contribution in [3.05, 3.63) is 47.6 Å².